The lowest BCUT2D eigenvalue weighted by Gasteiger charge is -2.02. The van der Waals surface area contributed by atoms with E-state index in [4.69, 9.17) is 4.74 Å². The van der Waals surface area contributed by atoms with Gasteiger partial charge in [0.1, 0.15) is 12.4 Å². The maximum Gasteiger partial charge on any atom is 0.169 e. The number of Topliss-reactive ketones (excluding diaryl/α,β-unsaturated/α-hetero) is 1. The van der Waals surface area contributed by atoms with E-state index in [2.05, 4.69) is 6.07 Å². The highest BCUT2D eigenvalue weighted by atomic mass is 16.5. The largest absolute Gasteiger partial charge is 0.486 e. The van der Waals surface area contributed by atoms with Gasteiger partial charge in [0.05, 0.1) is 0 Å². The number of rotatable bonds is 4. The summed E-state index contributed by atoms with van der Waals surface area (Å²) in [7, 11) is 0. The molecule has 0 saturated carbocycles. The maximum absolute atomic E-state index is 10.8. The summed E-state index contributed by atoms with van der Waals surface area (Å²) in [6.45, 7) is 1.98. The fourth-order valence-corrected chi connectivity index (χ4v) is 0.733. The van der Waals surface area contributed by atoms with Crippen molar-refractivity contribution in [2.24, 2.45) is 0 Å². The van der Waals surface area contributed by atoms with Crippen LogP contribution in [-0.2, 0) is 4.79 Å². The van der Waals surface area contributed by atoms with Crippen molar-refractivity contribution in [3.8, 4) is 5.75 Å². The van der Waals surface area contributed by atoms with E-state index < -0.39 is 0 Å². The molecule has 63 valence electrons. The second kappa shape index (κ2) is 4.54. The summed E-state index contributed by atoms with van der Waals surface area (Å²) in [6, 6.07) is 9.99. The number of benzene rings is 1. The second-order valence-corrected chi connectivity index (χ2v) is 2.42. The molecule has 2 nitrogen and oxygen atoms in total. The van der Waals surface area contributed by atoms with Crippen molar-refractivity contribution in [2.45, 2.75) is 13.3 Å². The second-order valence-electron chi connectivity index (χ2n) is 2.42. The highest BCUT2D eigenvalue weighted by molar-refractivity contribution is 5.79. The fourth-order valence-electron chi connectivity index (χ4n) is 0.733. The summed E-state index contributed by atoms with van der Waals surface area (Å²) in [5.74, 6) is 0.804. The van der Waals surface area contributed by atoms with Crippen LogP contribution in [0.5, 0.6) is 5.75 Å². The highest BCUT2D eigenvalue weighted by Crippen LogP contribution is 2.07. The summed E-state index contributed by atoms with van der Waals surface area (Å²) in [4.78, 5) is 10.8. The van der Waals surface area contributed by atoms with E-state index >= 15 is 0 Å². The summed E-state index contributed by atoms with van der Waals surface area (Å²) < 4.78 is 5.18. The van der Waals surface area contributed by atoms with Gasteiger partial charge in [-0.15, -0.1) is 0 Å². The molecule has 0 aliphatic rings. The molecule has 0 unspecified atom stereocenters. The summed E-state index contributed by atoms with van der Waals surface area (Å²) in [6.07, 6.45) is 0.524. The van der Waals surface area contributed by atoms with Crippen LogP contribution in [0.25, 0.3) is 0 Å². The highest BCUT2D eigenvalue weighted by Gasteiger charge is 1.98. The van der Waals surface area contributed by atoms with Gasteiger partial charge in [0.2, 0.25) is 0 Å². The van der Waals surface area contributed by atoms with E-state index in [1.54, 1.807) is 18.2 Å². The SMILES string of the molecule is CCC(=O)COc1c[c]ccc1. The number of hydrogen-bond acceptors (Lipinski definition) is 2. The zero-order valence-electron chi connectivity index (χ0n) is 7.04. The molecular formula is C10H11O2. The fraction of sp³-hybridized carbons (Fsp3) is 0.300. The third-order valence-electron chi connectivity index (χ3n) is 1.47. The van der Waals surface area contributed by atoms with Crippen LogP contribution in [0.1, 0.15) is 13.3 Å². The molecule has 0 fully saturated rings. The average molecular weight is 163 g/mol. The Morgan fingerprint density at radius 3 is 3.08 bits per heavy atom. The predicted molar refractivity (Wildman–Crippen MR) is 46.1 cm³/mol. The number of hydrogen-bond donors (Lipinski definition) is 0. The monoisotopic (exact) mass is 163 g/mol. The Morgan fingerprint density at radius 2 is 2.50 bits per heavy atom. The van der Waals surface area contributed by atoms with Crippen LogP contribution >= 0.6 is 0 Å². The maximum atomic E-state index is 10.8. The van der Waals surface area contributed by atoms with Gasteiger partial charge in [0.25, 0.3) is 0 Å². The molecule has 0 bridgehead atoms. The van der Waals surface area contributed by atoms with Crippen molar-refractivity contribution in [1.82, 2.24) is 0 Å². The Balaban J connectivity index is 2.38. The number of ketones is 1. The van der Waals surface area contributed by atoms with Gasteiger partial charge in [-0.1, -0.05) is 19.1 Å². The van der Waals surface area contributed by atoms with Gasteiger partial charge in [0, 0.05) is 6.42 Å². The van der Waals surface area contributed by atoms with Crippen LogP contribution < -0.4 is 4.74 Å². The normalized spacial score (nSPS) is 9.42. The van der Waals surface area contributed by atoms with Crippen molar-refractivity contribution in [3.05, 3.63) is 30.3 Å². The van der Waals surface area contributed by atoms with Crippen LogP contribution in [0.3, 0.4) is 0 Å². The lowest BCUT2D eigenvalue weighted by molar-refractivity contribution is -0.120. The first kappa shape index (κ1) is 8.78. The minimum Gasteiger partial charge on any atom is -0.486 e. The molecule has 0 spiro atoms. The Bertz CT molecular complexity index is 241. The first-order chi connectivity index (χ1) is 5.83. The van der Waals surface area contributed by atoms with Gasteiger partial charge >= 0.3 is 0 Å². The van der Waals surface area contributed by atoms with E-state index in [1.807, 2.05) is 13.0 Å². The molecule has 0 aliphatic heterocycles. The van der Waals surface area contributed by atoms with Crippen molar-refractivity contribution < 1.29 is 9.53 Å². The van der Waals surface area contributed by atoms with Crippen molar-refractivity contribution >= 4 is 5.78 Å². The predicted octanol–water partition coefficient (Wildman–Crippen LogP) is 1.84. The Kier molecular flexibility index (Phi) is 3.33. The van der Waals surface area contributed by atoms with E-state index in [0.29, 0.717) is 12.2 Å². The Labute approximate surface area is 72.2 Å². The summed E-state index contributed by atoms with van der Waals surface area (Å²) in [5.41, 5.74) is 0. The molecule has 0 aromatic heterocycles. The quantitative estimate of drug-likeness (QED) is 0.677. The van der Waals surface area contributed by atoms with Crippen LogP contribution in [0, 0.1) is 6.07 Å². The Morgan fingerprint density at radius 1 is 1.67 bits per heavy atom. The Hall–Kier alpha value is -1.31. The van der Waals surface area contributed by atoms with E-state index in [-0.39, 0.29) is 12.4 Å². The number of carbonyl (C=O) groups is 1. The van der Waals surface area contributed by atoms with Gasteiger partial charge in [0.15, 0.2) is 5.78 Å². The lowest BCUT2D eigenvalue weighted by atomic mass is 10.3. The third kappa shape index (κ3) is 2.74. The van der Waals surface area contributed by atoms with Crippen LogP contribution in [0.2, 0.25) is 0 Å². The summed E-state index contributed by atoms with van der Waals surface area (Å²) >= 11 is 0. The van der Waals surface area contributed by atoms with E-state index in [0.717, 1.165) is 0 Å². The third-order valence-corrected chi connectivity index (χ3v) is 1.47. The van der Waals surface area contributed by atoms with Gasteiger partial charge in [-0.25, -0.2) is 0 Å². The molecular weight excluding hydrogens is 152 g/mol. The van der Waals surface area contributed by atoms with E-state index in [9.17, 15) is 4.79 Å². The molecule has 0 N–H and O–H groups in total. The van der Waals surface area contributed by atoms with Gasteiger partial charge in [-0.05, 0) is 18.2 Å². The molecule has 12 heavy (non-hydrogen) atoms. The van der Waals surface area contributed by atoms with Crippen molar-refractivity contribution in [2.75, 3.05) is 6.61 Å². The standard InChI is InChI=1S/C10H11O2/c1-2-9(11)8-12-10-6-4-3-5-7-10/h3-4,6-7H,2,8H2,1H3. The van der Waals surface area contributed by atoms with Crippen LogP contribution in [0.15, 0.2) is 24.3 Å². The van der Waals surface area contributed by atoms with Gasteiger partial charge < -0.3 is 4.74 Å². The smallest absolute Gasteiger partial charge is 0.169 e. The molecule has 1 rings (SSSR count). The zero-order valence-corrected chi connectivity index (χ0v) is 7.04. The molecule has 1 radical (unpaired) electrons. The lowest BCUT2D eigenvalue weighted by Crippen LogP contribution is -2.09. The molecule has 1 aromatic carbocycles. The van der Waals surface area contributed by atoms with Crippen molar-refractivity contribution in [1.29, 1.82) is 0 Å². The molecule has 0 atom stereocenters. The first-order valence-corrected chi connectivity index (χ1v) is 3.93. The zero-order chi connectivity index (χ0) is 8.81. The minimum absolute atomic E-state index is 0.110. The minimum atomic E-state index is 0.110. The number of ether oxygens (including phenoxy) is 1. The van der Waals surface area contributed by atoms with Gasteiger partial charge in [-0.3, -0.25) is 4.79 Å². The number of carbonyl (C=O) groups excluding carboxylic acids is 1. The molecule has 2 heteroatoms. The summed E-state index contributed by atoms with van der Waals surface area (Å²) in [5, 5.41) is 0. The first-order valence-electron chi connectivity index (χ1n) is 3.93. The van der Waals surface area contributed by atoms with Crippen LogP contribution in [0.4, 0.5) is 0 Å². The van der Waals surface area contributed by atoms with Crippen molar-refractivity contribution in [3.63, 3.8) is 0 Å². The topological polar surface area (TPSA) is 26.3 Å². The molecule has 0 saturated heterocycles. The molecule has 0 amide bonds. The molecule has 0 heterocycles. The average Bonchev–Trinajstić information content (AvgIpc) is 2.16. The van der Waals surface area contributed by atoms with E-state index in [1.165, 1.54) is 0 Å². The molecule has 0 aliphatic carbocycles. The van der Waals surface area contributed by atoms with Crippen LogP contribution in [-0.4, -0.2) is 12.4 Å². The van der Waals surface area contributed by atoms with Gasteiger partial charge in [-0.2, -0.15) is 0 Å². The molecule has 1 aromatic rings.